The standard InChI is InChI=1S/C9H4F16O3S/c10-1(2(11)12)4(14,15)6(18,19)8(22,23)9(24,25)7(20,21)5(16,17)3(13)29(26,27)28/h1-3H,(H,26,27,28). The second kappa shape index (κ2) is 7.19. The van der Waals surface area contributed by atoms with Gasteiger partial charge in [0.2, 0.25) is 6.17 Å². The molecule has 2 unspecified atom stereocenters. The summed E-state index contributed by atoms with van der Waals surface area (Å²) in [7, 11) is -7.11. The summed E-state index contributed by atoms with van der Waals surface area (Å²) in [5.41, 5.74) is -5.88. The third-order valence-electron chi connectivity index (χ3n) is 3.13. The van der Waals surface area contributed by atoms with E-state index in [-0.39, 0.29) is 0 Å². The van der Waals surface area contributed by atoms with Gasteiger partial charge in [-0.15, -0.1) is 0 Å². The fourth-order valence-corrected chi connectivity index (χ4v) is 2.00. The topological polar surface area (TPSA) is 54.4 Å². The maximum atomic E-state index is 13.2. The van der Waals surface area contributed by atoms with Gasteiger partial charge in [0, 0.05) is 0 Å². The Labute approximate surface area is 148 Å². The van der Waals surface area contributed by atoms with Crippen LogP contribution in [0.4, 0.5) is 70.2 Å². The molecule has 0 spiro atoms. The first kappa shape index (κ1) is 27.8. The van der Waals surface area contributed by atoms with Crippen molar-refractivity contribution in [2.24, 2.45) is 0 Å². The van der Waals surface area contributed by atoms with Gasteiger partial charge in [-0.3, -0.25) is 4.55 Å². The monoisotopic (exact) mass is 496 g/mol. The van der Waals surface area contributed by atoms with E-state index in [0.29, 0.717) is 0 Å². The van der Waals surface area contributed by atoms with Crippen molar-refractivity contribution in [1.29, 1.82) is 0 Å². The number of hydrogen-bond donors (Lipinski definition) is 1. The molecule has 0 bridgehead atoms. The zero-order valence-corrected chi connectivity index (χ0v) is 13.3. The van der Waals surface area contributed by atoms with Gasteiger partial charge in [-0.25, -0.2) is 17.6 Å². The summed E-state index contributed by atoms with van der Waals surface area (Å²) in [5, 5.41) is 0. The molecule has 0 radical (unpaired) electrons. The lowest BCUT2D eigenvalue weighted by Gasteiger charge is -2.41. The van der Waals surface area contributed by atoms with Gasteiger partial charge in [0.1, 0.15) is 0 Å². The van der Waals surface area contributed by atoms with Crippen molar-refractivity contribution in [2.45, 2.75) is 53.6 Å². The highest BCUT2D eigenvalue weighted by molar-refractivity contribution is 7.86. The van der Waals surface area contributed by atoms with Crippen LogP contribution in [0.5, 0.6) is 0 Å². The van der Waals surface area contributed by atoms with Crippen molar-refractivity contribution in [3.8, 4) is 0 Å². The summed E-state index contributed by atoms with van der Waals surface area (Å²) < 4.78 is 233. The van der Waals surface area contributed by atoms with Crippen molar-refractivity contribution in [3.63, 3.8) is 0 Å². The van der Waals surface area contributed by atoms with E-state index in [1.165, 1.54) is 0 Å². The van der Waals surface area contributed by atoms with E-state index >= 15 is 0 Å². The molecule has 0 fully saturated rings. The Morgan fingerprint density at radius 1 is 0.552 bits per heavy atom. The van der Waals surface area contributed by atoms with Gasteiger partial charge in [-0.1, -0.05) is 0 Å². The Morgan fingerprint density at radius 3 is 1.07 bits per heavy atom. The molecule has 0 saturated carbocycles. The summed E-state index contributed by atoms with van der Waals surface area (Å²) >= 11 is 0. The third kappa shape index (κ3) is 3.80. The largest absolute Gasteiger partial charge is 0.384 e. The molecule has 0 aliphatic rings. The highest BCUT2D eigenvalue weighted by Crippen LogP contribution is 2.61. The minimum Gasteiger partial charge on any atom is -0.283 e. The molecule has 0 saturated heterocycles. The van der Waals surface area contributed by atoms with Crippen LogP contribution in [-0.2, 0) is 10.1 Å². The Balaban J connectivity index is 6.67. The van der Waals surface area contributed by atoms with Crippen molar-refractivity contribution >= 4 is 10.1 Å². The van der Waals surface area contributed by atoms with Crippen LogP contribution in [0.3, 0.4) is 0 Å². The molecule has 0 aromatic carbocycles. The van der Waals surface area contributed by atoms with E-state index in [2.05, 4.69) is 0 Å². The van der Waals surface area contributed by atoms with E-state index in [0.717, 1.165) is 0 Å². The summed E-state index contributed by atoms with van der Waals surface area (Å²) in [6, 6.07) is 0. The van der Waals surface area contributed by atoms with E-state index < -0.39 is 63.8 Å². The Kier molecular flexibility index (Phi) is 6.89. The summed E-state index contributed by atoms with van der Waals surface area (Å²) in [5.74, 6) is -48.9. The minimum absolute atomic E-state index is 5.29. The minimum atomic E-state index is -8.53. The molecule has 0 rings (SSSR count). The molecule has 2 atom stereocenters. The molecule has 0 aromatic heterocycles. The lowest BCUT2D eigenvalue weighted by atomic mass is 9.90. The highest BCUT2D eigenvalue weighted by Gasteiger charge is 2.92. The maximum Gasteiger partial charge on any atom is 0.384 e. The number of halogens is 16. The molecule has 3 nitrogen and oxygen atoms in total. The van der Waals surface area contributed by atoms with Crippen LogP contribution < -0.4 is 0 Å². The maximum absolute atomic E-state index is 13.2. The zero-order chi connectivity index (χ0) is 24.2. The molecule has 0 aliphatic carbocycles. The molecule has 0 aliphatic heterocycles. The molecular weight excluding hydrogens is 492 g/mol. The number of rotatable bonds is 9. The molecule has 1 N–H and O–H groups in total. The zero-order valence-electron chi connectivity index (χ0n) is 12.5. The van der Waals surface area contributed by atoms with Crippen LogP contribution in [-0.4, -0.2) is 66.6 Å². The second-order valence-corrected chi connectivity index (χ2v) is 6.55. The van der Waals surface area contributed by atoms with Gasteiger partial charge in [0.25, 0.3) is 11.9 Å². The quantitative estimate of drug-likeness (QED) is 0.376. The first-order valence-corrected chi connectivity index (χ1v) is 7.56. The molecule has 0 aromatic rings. The average molecular weight is 496 g/mol. The van der Waals surface area contributed by atoms with Gasteiger partial charge < -0.3 is 0 Å². The first-order valence-electron chi connectivity index (χ1n) is 6.05. The van der Waals surface area contributed by atoms with Crippen LogP contribution in [0.15, 0.2) is 0 Å². The fourth-order valence-electron chi connectivity index (χ4n) is 1.47. The van der Waals surface area contributed by atoms with Gasteiger partial charge in [0.15, 0.2) is 0 Å². The predicted octanol–water partition coefficient (Wildman–Crippen LogP) is 4.58. The number of alkyl halides is 16. The van der Waals surface area contributed by atoms with E-state index in [9.17, 15) is 78.7 Å². The fraction of sp³-hybridized carbons (Fsp3) is 1.00. The SMILES string of the molecule is O=S(=O)(O)C(F)C(F)(F)C(F)(F)C(F)(F)C(F)(F)C(F)(F)C(F)(F)C(F)C(F)F. The number of hydrogen-bond acceptors (Lipinski definition) is 2. The normalized spacial score (nSPS) is 18.1. The molecular formula is C9H4F16O3S. The highest BCUT2D eigenvalue weighted by atomic mass is 32.2. The molecule has 20 heteroatoms. The van der Waals surface area contributed by atoms with Gasteiger partial charge in [-0.05, 0) is 0 Å². The third-order valence-corrected chi connectivity index (χ3v) is 3.95. The summed E-state index contributed by atoms with van der Waals surface area (Å²) in [4.78, 5) is 0. The van der Waals surface area contributed by atoms with Gasteiger partial charge in [0.05, 0.1) is 0 Å². The summed E-state index contributed by atoms with van der Waals surface area (Å²) in [6.07, 6.45) is -11.0. The second-order valence-electron chi connectivity index (χ2n) is 5.11. The van der Waals surface area contributed by atoms with E-state index in [4.69, 9.17) is 4.55 Å². The van der Waals surface area contributed by atoms with Crippen LogP contribution in [0.1, 0.15) is 0 Å². The summed E-state index contributed by atoms with van der Waals surface area (Å²) in [6.45, 7) is 0. The van der Waals surface area contributed by atoms with Crippen LogP contribution in [0, 0.1) is 0 Å². The first-order chi connectivity index (χ1) is 12.3. The Hall–Kier alpha value is -1.21. The van der Waals surface area contributed by atoms with Crippen molar-refractivity contribution in [1.82, 2.24) is 0 Å². The van der Waals surface area contributed by atoms with Gasteiger partial charge >= 0.3 is 45.7 Å². The molecule has 176 valence electrons. The Morgan fingerprint density at radius 2 is 0.828 bits per heavy atom. The van der Waals surface area contributed by atoms with Crippen LogP contribution >= 0.6 is 0 Å². The Bertz CT molecular complexity index is 700. The predicted molar refractivity (Wildman–Crippen MR) is 57.0 cm³/mol. The van der Waals surface area contributed by atoms with Crippen LogP contribution in [0.25, 0.3) is 0 Å². The van der Waals surface area contributed by atoms with Crippen molar-refractivity contribution in [3.05, 3.63) is 0 Å². The smallest absolute Gasteiger partial charge is 0.283 e. The lowest BCUT2D eigenvalue weighted by molar-refractivity contribution is -0.432. The van der Waals surface area contributed by atoms with Crippen LogP contribution in [0.2, 0.25) is 0 Å². The van der Waals surface area contributed by atoms with E-state index in [1.54, 1.807) is 0 Å². The average Bonchev–Trinajstić information content (AvgIpc) is 2.51. The lowest BCUT2D eigenvalue weighted by Crippen LogP contribution is -2.73. The molecule has 29 heavy (non-hydrogen) atoms. The molecule has 0 amide bonds. The van der Waals surface area contributed by atoms with Crippen molar-refractivity contribution in [2.75, 3.05) is 0 Å². The van der Waals surface area contributed by atoms with Gasteiger partial charge in [-0.2, -0.15) is 61.1 Å². The van der Waals surface area contributed by atoms with Crippen molar-refractivity contribution < 1.29 is 83.2 Å². The molecule has 0 heterocycles. The van der Waals surface area contributed by atoms with E-state index in [1.807, 2.05) is 0 Å².